The third-order valence-corrected chi connectivity index (χ3v) is 13.9. The van der Waals surface area contributed by atoms with E-state index in [1.807, 2.05) is 19.9 Å². The van der Waals surface area contributed by atoms with E-state index in [4.69, 9.17) is 9.47 Å². The highest BCUT2D eigenvalue weighted by molar-refractivity contribution is 5.96. The van der Waals surface area contributed by atoms with Gasteiger partial charge >= 0.3 is 11.9 Å². The quantitative estimate of drug-likeness (QED) is 0.299. The van der Waals surface area contributed by atoms with E-state index in [0.717, 1.165) is 30.4 Å². The van der Waals surface area contributed by atoms with Gasteiger partial charge in [-0.3, -0.25) is 9.59 Å². The Morgan fingerprint density at radius 1 is 1.00 bits per heavy atom. The zero-order chi connectivity index (χ0) is 30.9. The number of allylic oxidation sites excluding steroid dienone is 3. The monoisotopic (exact) mass is 582 g/mol. The van der Waals surface area contributed by atoms with Gasteiger partial charge in [-0.15, -0.1) is 0 Å². The van der Waals surface area contributed by atoms with Gasteiger partial charge in [0, 0.05) is 35.2 Å². The van der Waals surface area contributed by atoms with Gasteiger partial charge in [0.15, 0.2) is 11.6 Å². The predicted octanol–water partition coefficient (Wildman–Crippen LogP) is 6.24. The Hall–Kier alpha value is -1.99. The summed E-state index contributed by atoms with van der Waals surface area (Å²) < 4.78 is 12.3. The molecule has 7 nitrogen and oxygen atoms in total. The lowest BCUT2D eigenvalue weighted by Gasteiger charge is -2.74. The highest BCUT2D eigenvalue weighted by atomic mass is 16.6. The van der Waals surface area contributed by atoms with Gasteiger partial charge in [0.1, 0.15) is 11.5 Å². The number of carbonyl (C=O) groups excluding carboxylic acids is 2. The third-order valence-electron chi connectivity index (χ3n) is 13.9. The lowest BCUT2D eigenvalue weighted by Crippen LogP contribution is -2.74. The fourth-order valence-electron chi connectivity index (χ4n) is 11.6. The first kappa shape index (κ1) is 30.1. The molecule has 7 heteroatoms. The summed E-state index contributed by atoms with van der Waals surface area (Å²) in [7, 11) is 0. The smallest absolute Gasteiger partial charge is 0.330 e. The van der Waals surface area contributed by atoms with E-state index < -0.39 is 40.6 Å². The standard InChI is InChI=1S/C35H50O7/c1-20(2)15-26(37)42-25-18-29(3,4)17-22-21-16-23(36)27-32(8,31(21,7)11-13-34(22,25)28(38)39)10-9-24-30(5,6)35(40)14-12-33(24,27)19-41-35/h15-16,22,24-25,27,40H,9-14,17-19H2,1-8H3,(H,38,39)/t22-,24-,25+,27-,31+,32+,33+,34-,35-/m0/s1. The second kappa shape index (κ2) is 8.80. The number of esters is 1. The molecule has 7 rings (SSSR count). The molecule has 0 amide bonds. The number of ketones is 1. The molecule has 4 saturated carbocycles. The molecule has 7 aliphatic rings. The number of aliphatic hydroxyl groups is 1. The molecular formula is C35H50O7. The van der Waals surface area contributed by atoms with Gasteiger partial charge in [0.2, 0.25) is 0 Å². The van der Waals surface area contributed by atoms with Crippen molar-refractivity contribution >= 4 is 17.7 Å². The highest BCUT2D eigenvalue weighted by Gasteiger charge is 2.76. The number of hydrogen-bond acceptors (Lipinski definition) is 6. The second-order valence-corrected chi connectivity index (χ2v) is 16.9. The Balaban J connectivity index is 1.48. The maximum Gasteiger partial charge on any atom is 0.330 e. The molecule has 2 N–H and O–H groups in total. The highest BCUT2D eigenvalue weighted by Crippen LogP contribution is 2.77. The first-order valence-corrected chi connectivity index (χ1v) is 16.0. The van der Waals surface area contributed by atoms with Crippen LogP contribution in [0.2, 0.25) is 0 Å². The van der Waals surface area contributed by atoms with Gasteiger partial charge in [0.25, 0.3) is 0 Å². The van der Waals surface area contributed by atoms with Crippen LogP contribution < -0.4 is 0 Å². The summed E-state index contributed by atoms with van der Waals surface area (Å²) in [5.74, 6) is -2.99. The molecule has 2 saturated heterocycles. The zero-order valence-electron chi connectivity index (χ0n) is 26.8. The van der Waals surface area contributed by atoms with E-state index >= 15 is 0 Å². The molecule has 0 unspecified atom stereocenters. The second-order valence-electron chi connectivity index (χ2n) is 16.9. The van der Waals surface area contributed by atoms with Crippen molar-refractivity contribution in [2.24, 2.45) is 50.2 Å². The fourth-order valence-corrected chi connectivity index (χ4v) is 11.6. The third kappa shape index (κ3) is 3.56. The van der Waals surface area contributed by atoms with E-state index in [-0.39, 0.29) is 39.3 Å². The molecule has 6 fully saturated rings. The molecule has 0 aromatic rings. The molecule has 2 bridgehead atoms. The Kier molecular flexibility index (Phi) is 6.30. The normalized spacial score (nSPS) is 48.0. The van der Waals surface area contributed by atoms with Crippen molar-refractivity contribution in [3.05, 3.63) is 23.3 Å². The van der Waals surface area contributed by atoms with Crippen LogP contribution in [0.4, 0.5) is 0 Å². The summed E-state index contributed by atoms with van der Waals surface area (Å²) in [5, 5.41) is 22.4. The Morgan fingerprint density at radius 2 is 1.69 bits per heavy atom. The van der Waals surface area contributed by atoms with Crippen LogP contribution in [-0.2, 0) is 23.9 Å². The van der Waals surface area contributed by atoms with E-state index in [1.165, 1.54) is 6.08 Å². The molecule has 0 aromatic carbocycles. The summed E-state index contributed by atoms with van der Waals surface area (Å²) in [6.07, 6.45) is 7.65. The van der Waals surface area contributed by atoms with Gasteiger partial charge < -0.3 is 19.7 Å². The van der Waals surface area contributed by atoms with Crippen molar-refractivity contribution < 1.29 is 34.1 Å². The van der Waals surface area contributed by atoms with Crippen LogP contribution >= 0.6 is 0 Å². The van der Waals surface area contributed by atoms with Crippen molar-refractivity contribution in [2.45, 2.75) is 119 Å². The molecule has 232 valence electrons. The van der Waals surface area contributed by atoms with Gasteiger partial charge in [-0.05, 0) is 87.0 Å². The number of fused-ring (bicyclic) bond motifs is 7. The van der Waals surface area contributed by atoms with E-state index in [1.54, 1.807) is 0 Å². The van der Waals surface area contributed by atoms with E-state index in [9.17, 15) is 24.6 Å². The van der Waals surface area contributed by atoms with Gasteiger partial charge in [0.05, 0.1) is 6.61 Å². The molecule has 9 atom stereocenters. The van der Waals surface area contributed by atoms with Gasteiger partial charge in [-0.25, -0.2) is 4.79 Å². The summed E-state index contributed by atoms with van der Waals surface area (Å²) in [5.41, 5.74) is -1.36. The molecule has 1 spiro atoms. The predicted molar refractivity (Wildman–Crippen MR) is 157 cm³/mol. The minimum absolute atomic E-state index is 0.0871. The number of carboxylic acid groups (broad SMARTS) is 1. The van der Waals surface area contributed by atoms with Crippen molar-refractivity contribution in [1.82, 2.24) is 0 Å². The van der Waals surface area contributed by atoms with Crippen LogP contribution in [-0.4, -0.2) is 46.4 Å². The number of ether oxygens (including phenoxy) is 2. The SMILES string of the molecule is CC(C)=CC(=O)O[C@@H]1CC(C)(C)C[C@H]2C3=CC(=O)[C@@H]4[C@]56CC[C@](O)(OC5)C(C)(C)[C@@H]6CC[C@@]4(C)[C@]3(C)CC[C@@]12C(=O)O. The van der Waals surface area contributed by atoms with Crippen LogP contribution in [0.15, 0.2) is 23.3 Å². The molecule has 0 radical (unpaired) electrons. The zero-order valence-corrected chi connectivity index (χ0v) is 26.8. The maximum atomic E-state index is 14.6. The molecule has 0 aromatic heterocycles. The number of hydrogen-bond donors (Lipinski definition) is 2. The number of carbonyl (C=O) groups is 3. The first-order chi connectivity index (χ1) is 19.3. The van der Waals surface area contributed by atoms with Gasteiger partial charge in [-0.2, -0.15) is 0 Å². The first-order valence-electron chi connectivity index (χ1n) is 16.0. The average Bonchev–Trinajstić information content (AvgIpc) is 2.85. The van der Waals surface area contributed by atoms with E-state index in [2.05, 4.69) is 41.5 Å². The summed E-state index contributed by atoms with van der Waals surface area (Å²) in [6.45, 7) is 17.0. The van der Waals surface area contributed by atoms with Crippen LogP contribution in [0.5, 0.6) is 0 Å². The fraction of sp³-hybridized carbons (Fsp3) is 0.800. The van der Waals surface area contributed by atoms with Crippen molar-refractivity contribution in [3.63, 3.8) is 0 Å². The van der Waals surface area contributed by atoms with Crippen molar-refractivity contribution in [1.29, 1.82) is 0 Å². The maximum absolute atomic E-state index is 14.6. The topological polar surface area (TPSA) is 110 Å². The number of rotatable bonds is 3. The minimum Gasteiger partial charge on any atom is -0.481 e. The lowest BCUT2D eigenvalue weighted by molar-refractivity contribution is -0.391. The molecule has 5 aliphatic carbocycles. The van der Waals surface area contributed by atoms with Crippen LogP contribution in [0.1, 0.15) is 107 Å². The Bertz CT molecular complexity index is 1290. The average molecular weight is 583 g/mol. The van der Waals surface area contributed by atoms with Crippen LogP contribution in [0.25, 0.3) is 0 Å². The van der Waals surface area contributed by atoms with E-state index in [0.29, 0.717) is 38.7 Å². The Labute approximate surface area is 250 Å². The Morgan fingerprint density at radius 3 is 2.29 bits per heavy atom. The molecule has 2 aliphatic heterocycles. The molecule has 2 heterocycles. The van der Waals surface area contributed by atoms with Crippen LogP contribution in [0, 0.1) is 50.2 Å². The minimum atomic E-state index is -1.28. The number of aliphatic carboxylic acids is 1. The largest absolute Gasteiger partial charge is 0.481 e. The number of carboxylic acids is 1. The van der Waals surface area contributed by atoms with Crippen molar-refractivity contribution in [2.75, 3.05) is 6.61 Å². The summed E-state index contributed by atoms with van der Waals surface area (Å²) >= 11 is 0. The summed E-state index contributed by atoms with van der Waals surface area (Å²) in [4.78, 5) is 40.9. The van der Waals surface area contributed by atoms with Crippen molar-refractivity contribution in [3.8, 4) is 0 Å². The van der Waals surface area contributed by atoms with Crippen LogP contribution in [0.3, 0.4) is 0 Å². The molecule has 42 heavy (non-hydrogen) atoms. The van der Waals surface area contributed by atoms with Gasteiger partial charge in [-0.1, -0.05) is 52.7 Å². The lowest BCUT2D eigenvalue weighted by atomic mass is 9.32. The summed E-state index contributed by atoms with van der Waals surface area (Å²) in [6, 6.07) is 0. The molecular weight excluding hydrogens is 532 g/mol.